The molecule has 4 rings (SSSR count). The van der Waals surface area contributed by atoms with Gasteiger partial charge in [-0.3, -0.25) is 4.79 Å². The van der Waals surface area contributed by atoms with Gasteiger partial charge < -0.3 is 14.8 Å². The summed E-state index contributed by atoms with van der Waals surface area (Å²) in [6.45, 7) is 4.70. The largest absolute Gasteiger partial charge is 0.454 e. The molecule has 1 aliphatic rings. The maximum atomic E-state index is 12.5. The highest BCUT2D eigenvalue weighted by atomic mass is 32.2. The number of thioether (sulfide) groups is 1. The summed E-state index contributed by atoms with van der Waals surface area (Å²) in [7, 11) is 0. The van der Waals surface area contributed by atoms with Crippen molar-refractivity contribution >= 4 is 39.2 Å². The molecule has 1 aromatic carbocycles. The summed E-state index contributed by atoms with van der Waals surface area (Å²) in [5.41, 5.74) is 0.972. The van der Waals surface area contributed by atoms with Crippen LogP contribution >= 0.6 is 23.1 Å². The Morgan fingerprint density at radius 2 is 2.15 bits per heavy atom. The van der Waals surface area contributed by atoms with Crippen molar-refractivity contribution in [2.24, 2.45) is 0 Å². The average molecular weight is 402 g/mol. The van der Waals surface area contributed by atoms with Gasteiger partial charge in [-0.2, -0.15) is 0 Å². The number of benzene rings is 1. The van der Waals surface area contributed by atoms with Gasteiger partial charge in [-0.15, -0.1) is 11.3 Å². The number of thiophene rings is 1. The van der Waals surface area contributed by atoms with E-state index in [0.717, 1.165) is 38.7 Å². The summed E-state index contributed by atoms with van der Waals surface area (Å²) < 4.78 is 10.7. The van der Waals surface area contributed by atoms with Crippen molar-refractivity contribution < 1.29 is 14.3 Å². The van der Waals surface area contributed by atoms with Crippen molar-refractivity contribution in [3.05, 3.63) is 41.0 Å². The molecule has 0 fully saturated rings. The van der Waals surface area contributed by atoms with Crippen molar-refractivity contribution in [2.75, 3.05) is 6.79 Å². The van der Waals surface area contributed by atoms with Crippen molar-refractivity contribution in [1.82, 2.24) is 15.3 Å². The van der Waals surface area contributed by atoms with Crippen LogP contribution in [-0.4, -0.2) is 27.9 Å². The third-order valence-corrected chi connectivity index (χ3v) is 6.56. The van der Waals surface area contributed by atoms with Crippen LogP contribution < -0.4 is 14.8 Å². The molecular weight excluding hydrogens is 382 g/mol. The van der Waals surface area contributed by atoms with Crippen molar-refractivity contribution in [3.63, 3.8) is 0 Å². The Hall–Kier alpha value is -2.32. The van der Waals surface area contributed by atoms with Crippen LogP contribution in [0.15, 0.2) is 35.6 Å². The molecule has 140 valence electrons. The molecule has 1 unspecified atom stereocenters. The van der Waals surface area contributed by atoms with Crippen LogP contribution in [0.4, 0.5) is 0 Å². The second-order valence-electron chi connectivity index (χ2n) is 6.13. The van der Waals surface area contributed by atoms with Crippen LogP contribution in [0.2, 0.25) is 0 Å². The number of hydrogen-bond donors (Lipinski definition) is 1. The van der Waals surface area contributed by atoms with Gasteiger partial charge in [0.05, 0.1) is 5.25 Å². The van der Waals surface area contributed by atoms with Gasteiger partial charge in [0.2, 0.25) is 12.7 Å². The zero-order valence-corrected chi connectivity index (χ0v) is 16.7. The lowest BCUT2D eigenvalue weighted by Gasteiger charge is -2.12. The van der Waals surface area contributed by atoms with Crippen LogP contribution in [0.3, 0.4) is 0 Å². The lowest BCUT2D eigenvalue weighted by Crippen LogP contribution is -2.30. The molecule has 27 heavy (non-hydrogen) atoms. The smallest absolute Gasteiger partial charge is 0.233 e. The van der Waals surface area contributed by atoms with Gasteiger partial charge in [-0.05, 0) is 37.1 Å². The molecular formula is C19H19N3O3S2. The highest BCUT2D eigenvalue weighted by molar-refractivity contribution is 8.00. The number of aromatic nitrogens is 2. The monoisotopic (exact) mass is 401 g/mol. The summed E-state index contributed by atoms with van der Waals surface area (Å²) in [5.74, 6) is 1.43. The maximum Gasteiger partial charge on any atom is 0.233 e. The molecule has 1 N–H and O–H groups in total. The number of ether oxygens (including phenoxy) is 2. The fraction of sp³-hybridized carbons (Fsp3) is 0.316. The fourth-order valence-electron chi connectivity index (χ4n) is 2.76. The number of fused-ring (bicyclic) bond motifs is 2. The van der Waals surface area contributed by atoms with E-state index >= 15 is 0 Å². The first-order chi connectivity index (χ1) is 13.1. The van der Waals surface area contributed by atoms with Crippen LogP contribution in [0, 0.1) is 0 Å². The first-order valence-corrected chi connectivity index (χ1v) is 10.4. The summed E-state index contributed by atoms with van der Waals surface area (Å²) in [5, 5.41) is 4.59. The fourth-order valence-corrected chi connectivity index (χ4v) is 4.67. The molecule has 0 spiro atoms. The van der Waals surface area contributed by atoms with Gasteiger partial charge in [0.15, 0.2) is 11.5 Å². The first kappa shape index (κ1) is 18.1. The molecule has 0 radical (unpaired) electrons. The molecule has 2 aromatic heterocycles. The Balaban J connectivity index is 1.40. The number of nitrogens with one attached hydrogen (secondary N) is 1. The Morgan fingerprint density at radius 3 is 3.00 bits per heavy atom. The molecule has 3 aromatic rings. The van der Waals surface area contributed by atoms with E-state index in [-0.39, 0.29) is 18.0 Å². The SMILES string of the molecule is CCc1cc2c(SC(C)C(=O)NCc3ccc4c(c3)OCO4)ncnc2s1. The number of rotatable bonds is 6. The Bertz CT molecular complexity index is 989. The summed E-state index contributed by atoms with van der Waals surface area (Å²) in [6, 6.07) is 7.81. The topological polar surface area (TPSA) is 73.3 Å². The van der Waals surface area contributed by atoms with E-state index in [2.05, 4.69) is 28.3 Å². The highest BCUT2D eigenvalue weighted by Gasteiger charge is 2.18. The second-order valence-corrected chi connectivity index (χ2v) is 8.57. The summed E-state index contributed by atoms with van der Waals surface area (Å²) >= 11 is 3.14. The van der Waals surface area contributed by atoms with Gasteiger partial charge in [-0.25, -0.2) is 9.97 Å². The molecule has 0 bridgehead atoms. The minimum atomic E-state index is -0.262. The Labute approximate surface area is 165 Å². The normalized spacial score (nSPS) is 13.7. The molecule has 1 amide bonds. The number of aryl methyl sites for hydroxylation is 1. The van der Waals surface area contributed by atoms with Gasteiger partial charge in [0.25, 0.3) is 0 Å². The van der Waals surface area contributed by atoms with E-state index in [0.29, 0.717) is 6.54 Å². The molecule has 6 nitrogen and oxygen atoms in total. The predicted molar refractivity (Wildman–Crippen MR) is 107 cm³/mol. The zero-order valence-electron chi connectivity index (χ0n) is 15.0. The molecule has 8 heteroatoms. The minimum Gasteiger partial charge on any atom is -0.454 e. The number of nitrogens with zero attached hydrogens (tertiary/aromatic N) is 2. The van der Waals surface area contributed by atoms with Crippen LogP contribution in [0.25, 0.3) is 10.2 Å². The number of carbonyl (C=O) groups is 1. The van der Waals surface area contributed by atoms with Gasteiger partial charge in [-0.1, -0.05) is 24.8 Å². The van der Waals surface area contributed by atoms with E-state index in [1.54, 1.807) is 17.7 Å². The van der Waals surface area contributed by atoms with E-state index in [4.69, 9.17) is 9.47 Å². The summed E-state index contributed by atoms with van der Waals surface area (Å²) in [4.78, 5) is 23.5. The Morgan fingerprint density at radius 1 is 1.30 bits per heavy atom. The third-order valence-electron chi connectivity index (χ3n) is 4.25. The molecule has 0 saturated heterocycles. The second kappa shape index (κ2) is 7.74. The van der Waals surface area contributed by atoms with E-state index in [1.807, 2.05) is 25.1 Å². The molecule has 1 atom stereocenters. The molecule has 0 aliphatic carbocycles. The Kier molecular flexibility index (Phi) is 5.18. The lowest BCUT2D eigenvalue weighted by atomic mass is 10.2. The average Bonchev–Trinajstić information content (AvgIpc) is 3.32. The van der Waals surface area contributed by atoms with Crippen molar-refractivity contribution in [2.45, 2.75) is 37.1 Å². The standard InChI is InChI=1S/C19H19N3O3S2/c1-3-13-7-14-18(21-9-22-19(14)27-13)26-11(2)17(23)20-8-12-4-5-15-16(6-12)25-10-24-15/h4-7,9,11H,3,8,10H2,1-2H3,(H,20,23). The predicted octanol–water partition coefficient (Wildman–Crippen LogP) is 3.78. The third kappa shape index (κ3) is 3.86. The van der Waals surface area contributed by atoms with Crippen molar-refractivity contribution in [3.8, 4) is 11.5 Å². The van der Waals surface area contributed by atoms with Crippen molar-refractivity contribution in [1.29, 1.82) is 0 Å². The van der Waals surface area contributed by atoms with E-state index < -0.39 is 0 Å². The van der Waals surface area contributed by atoms with Gasteiger partial charge in [0.1, 0.15) is 16.2 Å². The van der Waals surface area contributed by atoms with E-state index in [1.165, 1.54) is 16.6 Å². The van der Waals surface area contributed by atoms with Crippen LogP contribution in [0.5, 0.6) is 11.5 Å². The van der Waals surface area contributed by atoms with Crippen LogP contribution in [-0.2, 0) is 17.8 Å². The molecule has 3 heterocycles. The van der Waals surface area contributed by atoms with Gasteiger partial charge in [0, 0.05) is 16.8 Å². The molecule has 0 saturated carbocycles. The maximum absolute atomic E-state index is 12.5. The first-order valence-electron chi connectivity index (χ1n) is 8.70. The number of amides is 1. The number of carbonyl (C=O) groups excluding carboxylic acids is 1. The van der Waals surface area contributed by atoms with Crippen LogP contribution in [0.1, 0.15) is 24.3 Å². The summed E-state index contributed by atoms with van der Waals surface area (Å²) in [6.07, 6.45) is 2.54. The molecule has 1 aliphatic heterocycles. The number of hydrogen-bond acceptors (Lipinski definition) is 7. The van der Waals surface area contributed by atoms with E-state index in [9.17, 15) is 4.79 Å². The minimum absolute atomic E-state index is 0.0321. The highest BCUT2D eigenvalue weighted by Crippen LogP contribution is 2.34. The zero-order chi connectivity index (χ0) is 18.8. The lowest BCUT2D eigenvalue weighted by molar-refractivity contribution is -0.120. The quantitative estimate of drug-likeness (QED) is 0.501. The van der Waals surface area contributed by atoms with Gasteiger partial charge >= 0.3 is 0 Å².